The van der Waals surface area contributed by atoms with E-state index in [1.807, 2.05) is 62.4 Å². The number of hydrazone groups is 2. The molecule has 0 aromatic heterocycles. The lowest BCUT2D eigenvalue weighted by atomic mass is 10.1. The zero-order chi connectivity index (χ0) is 29.2. The number of nitrogens with zero attached hydrogens (tertiary/aromatic N) is 2. The summed E-state index contributed by atoms with van der Waals surface area (Å²) >= 11 is 0. The molecule has 2 aliphatic rings. The molecule has 0 bridgehead atoms. The molecular formula is C31H38N6O4. The Morgan fingerprint density at radius 2 is 0.976 bits per heavy atom. The lowest BCUT2D eigenvalue weighted by Gasteiger charge is -2.07. The Morgan fingerprint density at radius 3 is 1.32 bits per heavy atom. The summed E-state index contributed by atoms with van der Waals surface area (Å²) in [5.41, 5.74) is 9.71. The van der Waals surface area contributed by atoms with Gasteiger partial charge in [0.05, 0.1) is 11.4 Å². The van der Waals surface area contributed by atoms with Crippen LogP contribution in [0, 0.1) is 11.8 Å². The topological polar surface area (TPSA) is 141 Å². The van der Waals surface area contributed by atoms with Gasteiger partial charge in [-0.2, -0.15) is 10.2 Å². The molecule has 0 atom stereocenters. The van der Waals surface area contributed by atoms with E-state index in [1.54, 1.807) is 0 Å². The van der Waals surface area contributed by atoms with Crippen LogP contribution in [0.2, 0.25) is 0 Å². The summed E-state index contributed by atoms with van der Waals surface area (Å²) in [4.78, 5) is 48.0. The quantitative estimate of drug-likeness (QED) is 0.151. The number of carbonyl (C=O) groups excluding carboxylic acids is 4. The molecule has 10 nitrogen and oxygen atoms in total. The first-order valence-corrected chi connectivity index (χ1v) is 14.3. The van der Waals surface area contributed by atoms with E-state index >= 15 is 0 Å². The Hall–Kier alpha value is -4.34. The van der Waals surface area contributed by atoms with E-state index in [4.69, 9.17) is 0 Å². The molecule has 10 heteroatoms. The van der Waals surface area contributed by atoms with Gasteiger partial charge in [0.25, 0.3) is 0 Å². The maximum Gasteiger partial charge on any atom is 0.240 e. The van der Waals surface area contributed by atoms with Gasteiger partial charge in [-0.05, 0) is 87.8 Å². The number of nitrogens with one attached hydrogen (secondary N) is 4. The number of anilines is 2. The van der Waals surface area contributed by atoms with Crippen LogP contribution in [-0.2, 0) is 19.2 Å². The highest BCUT2D eigenvalue weighted by Gasteiger charge is 2.30. The first-order valence-electron chi connectivity index (χ1n) is 14.3. The molecule has 2 aromatic rings. The summed E-state index contributed by atoms with van der Waals surface area (Å²) in [7, 11) is 0. The lowest BCUT2D eigenvalue weighted by Crippen LogP contribution is -2.19. The summed E-state index contributed by atoms with van der Waals surface area (Å²) in [5.74, 6) is 0.0698. The Labute approximate surface area is 240 Å². The average molecular weight is 559 g/mol. The second kappa shape index (κ2) is 14.3. The van der Waals surface area contributed by atoms with Crippen molar-refractivity contribution in [2.24, 2.45) is 22.0 Å². The highest BCUT2D eigenvalue weighted by molar-refractivity contribution is 6.01. The van der Waals surface area contributed by atoms with Crippen molar-refractivity contribution in [3.63, 3.8) is 0 Å². The summed E-state index contributed by atoms with van der Waals surface area (Å²) in [6, 6.07) is 14.7. The van der Waals surface area contributed by atoms with Gasteiger partial charge in [0, 0.05) is 36.1 Å². The number of unbranched alkanes of at least 4 members (excludes halogenated alkanes) is 2. The number of carbonyl (C=O) groups is 4. The monoisotopic (exact) mass is 558 g/mol. The molecule has 4 amide bonds. The van der Waals surface area contributed by atoms with Crippen LogP contribution in [0.15, 0.2) is 58.7 Å². The van der Waals surface area contributed by atoms with Crippen molar-refractivity contribution in [3.8, 4) is 0 Å². The Balaban J connectivity index is 1.08. The third-order valence-corrected chi connectivity index (χ3v) is 7.04. The van der Waals surface area contributed by atoms with E-state index in [0.29, 0.717) is 37.1 Å². The fraction of sp³-hybridized carbons (Fsp3) is 0.419. The van der Waals surface area contributed by atoms with Gasteiger partial charge in [0.2, 0.25) is 23.6 Å². The van der Waals surface area contributed by atoms with Crippen LogP contribution < -0.4 is 21.5 Å². The number of benzene rings is 2. The van der Waals surface area contributed by atoms with Crippen molar-refractivity contribution in [3.05, 3.63) is 59.7 Å². The third kappa shape index (κ3) is 9.97. The molecule has 0 heterocycles. The fourth-order valence-corrected chi connectivity index (χ4v) is 4.05. The van der Waals surface area contributed by atoms with Crippen LogP contribution in [0.1, 0.15) is 82.8 Å². The first kappa shape index (κ1) is 29.6. The minimum absolute atomic E-state index is 0.0642. The number of hydrogen-bond acceptors (Lipinski definition) is 6. The normalized spacial score (nSPS) is 15.2. The van der Waals surface area contributed by atoms with Crippen molar-refractivity contribution >= 4 is 46.4 Å². The van der Waals surface area contributed by atoms with Crippen molar-refractivity contribution in [1.82, 2.24) is 10.9 Å². The van der Waals surface area contributed by atoms with Crippen molar-refractivity contribution in [1.29, 1.82) is 0 Å². The second-order valence-corrected chi connectivity index (χ2v) is 10.7. The largest absolute Gasteiger partial charge is 0.326 e. The SMILES string of the molecule is CC(=NNC(=O)CCCCCC(=O)NN=C(C)c1ccc(NC(=O)C2CC2)cc1)c1ccc(NC(=O)C2CC2)cc1. The molecule has 2 aromatic carbocycles. The van der Waals surface area contributed by atoms with Gasteiger partial charge in [-0.3, -0.25) is 19.2 Å². The van der Waals surface area contributed by atoms with Gasteiger partial charge in [0.15, 0.2) is 0 Å². The van der Waals surface area contributed by atoms with Crippen LogP contribution in [0.25, 0.3) is 0 Å². The van der Waals surface area contributed by atoms with Gasteiger partial charge >= 0.3 is 0 Å². The molecule has 0 radical (unpaired) electrons. The molecule has 41 heavy (non-hydrogen) atoms. The number of amides is 4. The highest BCUT2D eigenvalue weighted by Crippen LogP contribution is 2.31. The summed E-state index contributed by atoms with van der Waals surface area (Å²) < 4.78 is 0. The van der Waals surface area contributed by atoms with Gasteiger partial charge in [-0.1, -0.05) is 30.7 Å². The molecule has 4 N–H and O–H groups in total. The number of hydrogen-bond donors (Lipinski definition) is 4. The minimum atomic E-state index is -0.180. The maximum atomic E-state index is 12.2. The molecule has 216 valence electrons. The van der Waals surface area contributed by atoms with Crippen LogP contribution in [0.3, 0.4) is 0 Å². The highest BCUT2D eigenvalue weighted by atomic mass is 16.2. The Morgan fingerprint density at radius 1 is 0.610 bits per heavy atom. The molecule has 2 fully saturated rings. The van der Waals surface area contributed by atoms with E-state index in [1.165, 1.54) is 0 Å². The second-order valence-electron chi connectivity index (χ2n) is 10.7. The Bertz CT molecular complexity index is 1210. The van der Waals surface area contributed by atoms with Crippen molar-refractivity contribution in [2.75, 3.05) is 10.6 Å². The van der Waals surface area contributed by atoms with Crippen molar-refractivity contribution < 1.29 is 19.2 Å². The zero-order valence-corrected chi connectivity index (χ0v) is 23.7. The molecule has 2 aliphatic carbocycles. The molecule has 2 saturated carbocycles. The van der Waals surface area contributed by atoms with Gasteiger partial charge in [-0.15, -0.1) is 0 Å². The summed E-state index contributed by atoms with van der Waals surface area (Å²) in [5, 5.41) is 14.1. The predicted molar refractivity (Wildman–Crippen MR) is 159 cm³/mol. The van der Waals surface area contributed by atoms with E-state index in [9.17, 15) is 19.2 Å². The standard InChI is InChI=1S/C31H38N6O4/c1-20(22-12-16-26(17-13-22)32-30(40)24-8-9-24)34-36-28(38)6-4-3-5-7-29(39)37-35-21(2)23-14-18-27(19-15-23)33-31(41)25-10-11-25/h12-19,24-25H,3-11H2,1-2H3,(H,32,40)(H,33,41)(H,36,38)(H,37,39). The zero-order valence-electron chi connectivity index (χ0n) is 23.7. The molecule has 0 unspecified atom stereocenters. The Kier molecular flexibility index (Phi) is 10.4. The first-order chi connectivity index (χ1) is 19.8. The summed E-state index contributed by atoms with van der Waals surface area (Å²) in [6.07, 6.45) is 6.50. The van der Waals surface area contributed by atoms with E-state index in [0.717, 1.165) is 54.6 Å². The van der Waals surface area contributed by atoms with Gasteiger partial charge in [-0.25, -0.2) is 10.9 Å². The van der Waals surface area contributed by atoms with E-state index in [-0.39, 0.29) is 35.5 Å². The maximum absolute atomic E-state index is 12.2. The van der Waals surface area contributed by atoms with Crippen LogP contribution in [0.5, 0.6) is 0 Å². The smallest absolute Gasteiger partial charge is 0.240 e. The van der Waals surface area contributed by atoms with Crippen LogP contribution >= 0.6 is 0 Å². The van der Waals surface area contributed by atoms with Crippen LogP contribution in [0.4, 0.5) is 11.4 Å². The van der Waals surface area contributed by atoms with Crippen LogP contribution in [-0.4, -0.2) is 35.1 Å². The summed E-state index contributed by atoms with van der Waals surface area (Å²) in [6.45, 7) is 3.62. The van der Waals surface area contributed by atoms with Gasteiger partial charge < -0.3 is 10.6 Å². The molecule has 0 saturated heterocycles. The molecule has 4 rings (SSSR count). The fourth-order valence-electron chi connectivity index (χ4n) is 4.05. The third-order valence-electron chi connectivity index (χ3n) is 7.04. The predicted octanol–water partition coefficient (Wildman–Crippen LogP) is 4.71. The van der Waals surface area contributed by atoms with E-state index < -0.39 is 0 Å². The minimum Gasteiger partial charge on any atom is -0.326 e. The molecule has 0 spiro atoms. The average Bonchev–Trinajstić information content (AvgIpc) is 3.88. The lowest BCUT2D eigenvalue weighted by molar-refractivity contribution is -0.121. The van der Waals surface area contributed by atoms with Crippen molar-refractivity contribution in [2.45, 2.75) is 71.6 Å². The molecule has 0 aliphatic heterocycles. The molecular weight excluding hydrogens is 520 g/mol. The van der Waals surface area contributed by atoms with E-state index in [2.05, 4.69) is 31.7 Å². The van der Waals surface area contributed by atoms with Gasteiger partial charge in [0.1, 0.15) is 0 Å². The number of rotatable bonds is 14.